The molecule has 0 aliphatic heterocycles. The largest absolute Gasteiger partial charge is 0.311 e. The zero-order chi connectivity index (χ0) is 14.9. The van der Waals surface area contributed by atoms with E-state index in [4.69, 9.17) is 0 Å². The van der Waals surface area contributed by atoms with Gasteiger partial charge in [0.1, 0.15) is 0 Å². The second kappa shape index (κ2) is 5.15. The van der Waals surface area contributed by atoms with E-state index in [1.807, 2.05) is 54.7 Å². The minimum absolute atomic E-state index is 0.0611. The summed E-state index contributed by atoms with van der Waals surface area (Å²) in [5.74, 6) is 0. The van der Waals surface area contributed by atoms with Gasteiger partial charge in [0.05, 0.1) is 6.54 Å². The Bertz CT molecular complexity index is 1020. The lowest BCUT2D eigenvalue weighted by Crippen LogP contribution is -2.20. The molecule has 0 spiro atoms. The molecule has 0 amide bonds. The van der Waals surface area contributed by atoms with Crippen LogP contribution in [0.25, 0.3) is 21.5 Å². The summed E-state index contributed by atoms with van der Waals surface area (Å²) in [6.07, 6.45) is 1.88. The van der Waals surface area contributed by atoms with Crippen molar-refractivity contribution in [3.63, 3.8) is 0 Å². The van der Waals surface area contributed by atoms with E-state index in [0.717, 1.165) is 16.3 Å². The van der Waals surface area contributed by atoms with Gasteiger partial charge in [-0.15, -0.1) is 0 Å². The molecule has 0 bridgehead atoms. The first-order valence-corrected chi connectivity index (χ1v) is 7.38. The first kappa shape index (κ1) is 12.8. The quantitative estimate of drug-likeness (QED) is 0.541. The molecule has 4 aromatic rings. The van der Waals surface area contributed by atoms with Gasteiger partial charge in [0.25, 0.3) is 5.56 Å². The molecule has 2 heteroatoms. The lowest BCUT2D eigenvalue weighted by Gasteiger charge is -2.10. The lowest BCUT2D eigenvalue weighted by molar-refractivity contribution is 0.773. The monoisotopic (exact) mass is 285 g/mol. The maximum absolute atomic E-state index is 12.6. The van der Waals surface area contributed by atoms with Crippen LogP contribution in [0.15, 0.2) is 83.8 Å². The van der Waals surface area contributed by atoms with Gasteiger partial charge in [0.15, 0.2) is 0 Å². The van der Waals surface area contributed by atoms with Crippen LogP contribution in [0.1, 0.15) is 5.56 Å². The predicted octanol–water partition coefficient (Wildman–Crippen LogP) is 4.20. The number of fused-ring (bicyclic) bond motifs is 2. The Morgan fingerprint density at radius 2 is 1.32 bits per heavy atom. The molecule has 0 fully saturated rings. The Hall–Kier alpha value is -2.87. The summed E-state index contributed by atoms with van der Waals surface area (Å²) in [6.45, 7) is 0.588. The third kappa shape index (κ3) is 2.09. The standard InChI is InChI=1S/C20H15NO/c22-20-19-11-4-2-7-16(19)12-13-21(20)14-17-9-5-8-15-6-1-3-10-18(15)17/h1-13H,14H2. The highest BCUT2D eigenvalue weighted by atomic mass is 16.1. The maximum Gasteiger partial charge on any atom is 0.258 e. The molecule has 1 aromatic heterocycles. The molecule has 0 aliphatic rings. The van der Waals surface area contributed by atoms with E-state index < -0.39 is 0 Å². The van der Waals surface area contributed by atoms with Crippen LogP contribution in [-0.2, 0) is 6.54 Å². The second-order valence-corrected chi connectivity index (χ2v) is 5.47. The lowest BCUT2D eigenvalue weighted by atomic mass is 10.0. The molecule has 0 saturated carbocycles. The van der Waals surface area contributed by atoms with Gasteiger partial charge in [-0.2, -0.15) is 0 Å². The zero-order valence-electron chi connectivity index (χ0n) is 12.1. The highest BCUT2D eigenvalue weighted by Gasteiger charge is 2.05. The van der Waals surface area contributed by atoms with Crippen molar-refractivity contribution in [3.05, 3.63) is 94.9 Å². The average molecular weight is 285 g/mol. The average Bonchev–Trinajstić information content (AvgIpc) is 2.58. The van der Waals surface area contributed by atoms with Crippen molar-refractivity contribution in [2.24, 2.45) is 0 Å². The van der Waals surface area contributed by atoms with Gasteiger partial charge >= 0.3 is 0 Å². The number of hydrogen-bond acceptors (Lipinski definition) is 1. The van der Waals surface area contributed by atoms with Crippen LogP contribution in [0.5, 0.6) is 0 Å². The summed E-state index contributed by atoms with van der Waals surface area (Å²) in [5.41, 5.74) is 1.22. The van der Waals surface area contributed by atoms with Gasteiger partial charge in [-0.1, -0.05) is 60.7 Å². The predicted molar refractivity (Wildman–Crippen MR) is 91.3 cm³/mol. The summed E-state index contributed by atoms with van der Waals surface area (Å²) < 4.78 is 1.78. The summed E-state index contributed by atoms with van der Waals surface area (Å²) in [6, 6.07) is 24.2. The number of hydrogen-bond donors (Lipinski definition) is 0. The van der Waals surface area contributed by atoms with E-state index in [0.29, 0.717) is 6.54 Å². The minimum Gasteiger partial charge on any atom is -0.311 e. The van der Waals surface area contributed by atoms with Gasteiger partial charge in [-0.05, 0) is 33.9 Å². The number of nitrogens with zero attached hydrogens (tertiary/aromatic N) is 1. The van der Waals surface area contributed by atoms with Gasteiger partial charge in [-0.25, -0.2) is 0 Å². The van der Waals surface area contributed by atoms with E-state index >= 15 is 0 Å². The molecule has 0 saturated heterocycles. The number of pyridine rings is 1. The summed E-state index contributed by atoms with van der Waals surface area (Å²) in [7, 11) is 0. The van der Waals surface area contributed by atoms with Crippen LogP contribution < -0.4 is 5.56 Å². The highest BCUT2D eigenvalue weighted by Crippen LogP contribution is 2.19. The van der Waals surface area contributed by atoms with Crippen molar-refractivity contribution in [2.75, 3.05) is 0 Å². The van der Waals surface area contributed by atoms with E-state index in [-0.39, 0.29) is 5.56 Å². The first-order valence-electron chi connectivity index (χ1n) is 7.38. The van der Waals surface area contributed by atoms with Crippen LogP contribution in [0.2, 0.25) is 0 Å². The Balaban J connectivity index is 1.86. The molecule has 106 valence electrons. The topological polar surface area (TPSA) is 22.0 Å². The van der Waals surface area contributed by atoms with Crippen molar-refractivity contribution in [3.8, 4) is 0 Å². The molecule has 0 atom stereocenters. The van der Waals surface area contributed by atoms with Crippen LogP contribution in [0.3, 0.4) is 0 Å². The van der Waals surface area contributed by atoms with Gasteiger partial charge < -0.3 is 4.57 Å². The van der Waals surface area contributed by atoms with E-state index in [1.165, 1.54) is 10.8 Å². The van der Waals surface area contributed by atoms with Gasteiger partial charge in [-0.3, -0.25) is 4.79 Å². The van der Waals surface area contributed by atoms with Crippen LogP contribution in [-0.4, -0.2) is 4.57 Å². The molecule has 0 N–H and O–H groups in total. The Labute approximate surface area is 128 Å². The Morgan fingerprint density at radius 3 is 2.14 bits per heavy atom. The zero-order valence-corrected chi connectivity index (χ0v) is 12.1. The molecule has 2 nitrogen and oxygen atoms in total. The first-order chi connectivity index (χ1) is 10.8. The molecule has 3 aromatic carbocycles. The summed E-state index contributed by atoms with van der Waals surface area (Å²) in [5, 5.41) is 4.16. The fourth-order valence-electron chi connectivity index (χ4n) is 2.97. The third-order valence-electron chi connectivity index (χ3n) is 4.11. The van der Waals surface area contributed by atoms with Crippen LogP contribution >= 0.6 is 0 Å². The molecule has 22 heavy (non-hydrogen) atoms. The molecular weight excluding hydrogens is 270 g/mol. The van der Waals surface area contributed by atoms with Gasteiger partial charge in [0, 0.05) is 11.6 Å². The van der Waals surface area contributed by atoms with Gasteiger partial charge in [0.2, 0.25) is 0 Å². The van der Waals surface area contributed by atoms with E-state index in [2.05, 4.69) is 24.3 Å². The molecule has 0 aliphatic carbocycles. The molecular formula is C20H15NO. The fourth-order valence-corrected chi connectivity index (χ4v) is 2.97. The fraction of sp³-hybridized carbons (Fsp3) is 0.0500. The summed E-state index contributed by atoms with van der Waals surface area (Å²) in [4.78, 5) is 12.6. The molecule has 4 rings (SSSR count). The Kier molecular flexibility index (Phi) is 3.01. The van der Waals surface area contributed by atoms with Crippen LogP contribution in [0.4, 0.5) is 0 Å². The Morgan fingerprint density at radius 1 is 0.682 bits per heavy atom. The van der Waals surface area contributed by atoms with Crippen LogP contribution in [0, 0.1) is 0 Å². The van der Waals surface area contributed by atoms with E-state index in [9.17, 15) is 4.79 Å². The molecule has 0 radical (unpaired) electrons. The van der Waals surface area contributed by atoms with Crippen molar-refractivity contribution in [1.29, 1.82) is 0 Å². The third-order valence-corrected chi connectivity index (χ3v) is 4.11. The van der Waals surface area contributed by atoms with E-state index in [1.54, 1.807) is 4.57 Å². The maximum atomic E-state index is 12.6. The minimum atomic E-state index is 0.0611. The molecule has 0 unspecified atom stereocenters. The van der Waals surface area contributed by atoms with Crippen molar-refractivity contribution < 1.29 is 0 Å². The van der Waals surface area contributed by atoms with Crippen molar-refractivity contribution >= 4 is 21.5 Å². The summed E-state index contributed by atoms with van der Waals surface area (Å²) >= 11 is 0. The number of aromatic nitrogens is 1. The normalized spacial score (nSPS) is 11.1. The number of benzene rings is 3. The second-order valence-electron chi connectivity index (χ2n) is 5.47. The number of rotatable bonds is 2. The van der Waals surface area contributed by atoms with Crippen molar-refractivity contribution in [1.82, 2.24) is 4.57 Å². The highest BCUT2D eigenvalue weighted by molar-refractivity contribution is 5.86. The smallest absolute Gasteiger partial charge is 0.258 e. The molecule has 1 heterocycles. The SMILES string of the molecule is O=c1c2ccccc2ccn1Cc1cccc2ccccc12. The van der Waals surface area contributed by atoms with Crippen molar-refractivity contribution in [2.45, 2.75) is 6.54 Å².